The van der Waals surface area contributed by atoms with Crippen LogP contribution in [0.4, 0.5) is 5.00 Å². The van der Waals surface area contributed by atoms with Crippen molar-refractivity contribution < 1.29 is 28.6 Å². The lowest BCUT2D eigenvalue weighted by Crippen LogP contribution is -2.21. The van der Waals surface area contributed by atoms with Gasteiger partial charge in [-0.15, -0.1) is 11.3 Å². The molecule has 1 aliphatic carbocycles. The molecule has 0 fully saturated rings. The maximum atomic E-state index is 12.4. The first-order valence-corrected chi connectivity index (χ1v) is 10.9. The van der Waals surface area contributed by atoms with E-state index in [2.05, 4.69) is 5.32 Å². The molecule has 0 atom stereocenters. The van der Waals surface area contributed by atoms with E-state index in [1.54, 1.807) is 44.4 Å². The number of benzene rings is 1. The topological polar surface area (TPSA) is 90.9 Å². The van der Waals surface area contributed by atoms with Gasteiger partial charge in [0.05, 0.1) is 19.3 Å². The van der Waals surface area contributed by atoms with Crippen LogP contribution >= 0.6 is 11.3 Å². The summed E-state index contributed by atoms with van der Waals surface area (Å²) in [6.45, 7) is 1.56. The monoisotopic (exact) mass is 443 g/mol. The van der Waals surface area contributed by atoms with Crippen LogP contribution in [0.3, 0.4) is 0 Å². The van der Waals surface area contributed by atoms with Gasteiger partial charge in [0.2, 0.25) is 0 Å². The van der Waals surface area contributed by atoms with Gasteiger partial charge >= 0.3 is 11.9 Å². The maximum absolute atomic E-state index is 12.4. The number of anilines is 1. The lowest BCUT2D eigenvalue weighted by Gasteiger charge is -2.12. The van der Waals surface area contributed by atoms with Crippen LogP contribution in [0.2, 0.25) is 0 Å². The molecule has 8 heteroatoms. The minimum absolute atomic E-state index is 0.259. The molecule has 1 aromatic heterocycles. The number of methoxy groups -OCH3 is 1. The fraction of sp³-hybridized carbons (Fsp3) is 0.348. The number of aryl methyl sites for hydroxylation is 1. The first kappa shape index (κ1) is 22.6. The molecule has 31 heavy (non-hydrogen) atoms. The summed E-state index contributed by atoms with van der Waals surface area (Å²) >= 11 is 1.39. The molecule has 1 N–H and O–H groups in total. The number of amides is 1. The number of thiophene rings is 1. The Balaban J connectivity index is 1.59. The van der Waals surface area contributed by atoms with E-state index in [1.807, 2.05) is 0 Å². The van der Waals surface area contributed by atoms with Crippen LogP contribution in [0.5, 0.6) is 5.75 Å². The summed E-state index contributed by atoms with van der Waals surface area (Å²) in [6, 6.07) is 7.15. The normalized spacial score (nSPS) is 12.8. The number of nitrogens with one attached hydrogen (secondary N) is 1. The molecule has 0 unspecified atom stereocenters. The summed E-state index contributed by atoms with van der Waals surface area (Å²) in [6.07, 6.45) is 6.58. The molecule has 1 heterocycles. The Morgan fingerprint density at radius 2 is 1.84 bits per heavy atom. The van der Waals surface area contributed by atoms with Crippen LogP contribution < -0.4 is 10.1 Å². The van der Waals surface area contributed by atoms with E-state index < -0.39 is 24.5 Å². The molecule has 0 saturated heterocycles. The Labute approximate surface area is 185 Å². The SMILES string of the molecule is CCOC(=O)c1c(NC(=O)COC(=O)/C=C/c2ccc(OC)cc2)sc2c1CCCC2. The Morgan fingerprint density at radius 1 is 1.10 bits per heavy atom. The van der Waals surface area contributed by atoms with Crippen molar-refractivity contribution in [3.05, 3.63) is 51.9 Å². The highest BCUT2D eigenvalue weighted by atomic mass is 32.1. The molecule has 0 bridgehead atoms. The average molecular weight is 444 g/mol. The van der Waals surface area contributed by atoms with E-state index in [0.717, 1.165) is 41.7 Å². The van der Waals surface area contributed by atoms with E-state index in [1.165, 1.54) is 17.4 Å². The van der Waals surface area contributed by atoms with E-state index in [-0.39, 0.29) is 6.61 Å². The molecule has 0 saturated carbocycles. The molecule has 0 spiro atoms. The Hall–Kier alpha value is -3.13. The highest BCUT2D eigenvalue weighted by Crippen LogP contribution is 2.38. The largest absolute Gasteiger partial charge is 0.497 e. The molecule has 164 valence electrons. The second-order valence-corrected chi connectivity index (χ2v) is 8.00. The van der Waals surface area contributed by atoms with Crippen LogP contribution in [-0.4, -0.2) is 38.2 Å². The zero-order valence-corrected chi connectivity index (χ0v) is 18.4. The minimum atomic E-state index is -0.637. The molecule has 0 aliphatic heterocycles. The summed E-state index contributed by atoms with van der Waals surface area (Å²) in [5, 5.41) is 3.17. The Kier molecular flexibility index (Phi) is 7.83. The van der Waals surface area contributed by atoms with Crippen molar-refractivity contribution in [1.29, 1.82) is 0 Å². The fourth-order valence-corrected chi connectivity index (χ4v) is 4.59. The van der Waals surface area contributed by atoms with Crippen LogP contribution in [0, 0.1) is 0 Å². The molecule has 3 rings (SSSR count). The minimum Gasteiger partial charge on any atom is -0.497 e. The van der Waals surface area contributed by atoms with Crippen molar-refractivity contribution in [3.63, 3.8) is 0 Å². The van der Waals surface area contributed by atoms with Gasteiger partial charge in [-0.25, -0.2) is 9.59 Å². The predicted octanol–water partition coefficient (Wildman–Crippen LogP) is 4.01. The zero-order chi connectivity index (χ0) is 22.2. The van der Waals surface area contributed by atoms with Crippen LogP contribution in [0.15, 0.2) is 30.3 Å². The van der Waals surface area contributed by atoms with E-state index in [0.29, 0.717) is 16.3 Å². The quantitative estimate of drug-likeness (QED) is 0.490. The van der Waals surface area contributed by atoms with E-state index in [9.17, 15) is 14.4 Å². The third kappa shape index (κ3) is 5.95. The van der Waals surface area contributed by atoms with Crippen LogP contribution in [0.1, 0.15) is 46.1 Å². The van der Waals surface area contributed by atoms with Gasteiger partial charge in [-0.2, -0.15) is 0 Å². The highest BCUT2D eigenvalue weighted by molar-refractivity contribution is 7.17. The van der Waals surface area contributed by atoms with Gasteiger partial charge in [-0.3, -0.25) is 4.79 Å². The Morgan fingerprint density at radius 3 is 2.55 bits per heavy atom. The maximum Gasteiger partial charge on any atom is 0.341 e. The van der Waals surface area contributed by atoms with Crippen molar-refractivity contribution in [2.45, 2.75) is 32.6 Å². The number of rotatable bonds is 8. The summed E-state index contributed by atoms with van der Waals surface area (Å²) in [5.74, 6) is -0.858. The summed E-state index contributed by atoms with van der Waals surface area (Å²) in [7, 11) is 1.58. The third-order valence-corrected chi connectivity index (χ3v) is 5.98. The summed E-state index contributed by atoms with van der Waals surface area (Å²) in [4.78, 5) is 37.8. The van der Waals surface area contributed by atoms with Gasteiger partial charge in [0.15, 0.2) is 6.61 Å². The van der Waals surface area contributed by atoms with E-state index in [4.69, 9.17) is 14.2 Å². The molecular weight excluding hydrogens is 418 g/mol. The third-order valence-electron chi connectivity index (χ3n) is 4.78. The van der Waals surface area contributed by atoms with Crippen molar-refractivity contribution in [1.82, 2.24) is 0 Å². The average Bonchev–Trinajstić information content (AvgIpc) is 3.14. The van der Waals surface area contributed by atoms with Gasteiger partial charge in [0.1, 0.15) is 10.8 Å². The molecule has 1 amide bonds. The Bertz CT molecular complexity index is 977. The molecule has 1 aromatic carbocycles. The fourth-order valence-electron chi connectivity index (χ4n) is 3.30. The lowest BCUT2D eigenvalue weighted by molar-refractivity contribution is -0.142. The van der Waals surface area contributed by atoms with Gasteiger partial charge in [0.25, 0.3) is 5.91 Å². The molecule has 0 radical (unpaired) electrons. The number of hydrogen-bond acceptors (Lipinski definition) is 7. The lowest BCUT2D eigenvalue weighted by atomic mass is 9.95. The second-order valence-electron chi connectivity index (χ2n) is 6.90. The van der Waals surface area contributed by atoms with Crippen molar-refractivity contribution in [3.8, 4) is 5.75 Å². The van der Waals surface area contributed by atoms with Crippen LogP contribution in [0.25, 0.3) is 6.08 Å². The molecule has 7 nitrogen and oxygen atoms in total. The van der Waals surface area contributed by atoms with Crippen molar-refractivity contribution in [2.75, 3.05) is 25.6 Å². The molecule has 2 aromatic rings. The van der Waals surface area contributed by atoms with Gasteiger partial charge in [-0.05, 0) is 61.9 Å². The number of carbonyl (C=O) groups excluding carboxylic acids is 3. The van der Waals surface area contributed by atoms with Crippen molar-refractivity contribution in [2.24, 2.45) is 0 Å². The van der Waals surface area contributed by atoms with Gasteiger partial charge in [0, 0.05) is 11.0 Å². The summed E-state index contributed by atoms with van der Waals surface area (Å²) < 4.78 is 15.3. The first-order valence-electron chi connectivity index (χ1n) is 10.1. The smallest absolute Gasteiger partial charge is 0.341 e. The number of ether oxygens (including phenoxy) is 3. The molecular formula is C23H25NO6S. The highest BCUT2D eigenvalue weighted by Gasteiger charge is 2.27. The zero-order valence-electron chi connectivity index (χ0n) is 17.6. The number of carbonyl (C=O) groups is 3. The first-order chi connectivity index (χ1) is 15.0. The van der Waals surface area contributed by atoms with E-state index >= 15 is 0 Å². The predicted molar refractivity (Wildman–Crippen MR) is 119 cm³/mol. The number of esters is 2. The molecule has 1 aliphatic rings. The summed E-state index contributed by atoms with van der Waals surface area (Å²) in [5.41, 5.74) is 2.19. The van der Waals surface area contributed by atoms with Gasteiger partial charge < -0.3 is 19.5 Å². The second kappa shape index (κ2) is 10.8. The van der Waals surface area contributed by atoms with Crippen LogP contribution in [-0.2, 0) is 31.9 Å². The number of hydrogen-bond donors (Lipinski definition) is 1. The number of fused-ring (bicyclic) bond motifs is 1. The standard InChI is InChI=1S/C23H25NO6S/c1-3-29-23(27)21-17-6-4-5-7-18(17)31-22(21)24-19(25)14-30-20(26)13-10-15-8-11-16(28-2)12-9-15/h8-13H,3-7,14H2,1-2H3,(H,24,25)/b13-10+. The van der Waals surface area contributed by atoms with Gasteiger partial charge in [-0.1, -0.05) is 12.1 Å². The van der Waals surface area contributed by atoms with Crippen molar-refractivity contribution >= 4 is 40.3 Å².